The zero-order valence-corrected chi connectivity index (χ0v) is 20.1. The Morgan fingerprint density at radius 1 is 1.03 bits per heavy atom. The van der Waals surface area contributed by atoms with Gasteiger partial charge in [0.1, 0.15) is 11.8 Å². The first kappa shape index (κ1) is 24.3. The van der Waals surface area contributed by atoms with E-state index in [1.54, 1.807) is 11.0 Å². The minimum absolute atomic E-state index is 0.0605. The molecule has 2 aromatic carbocycles. The van der Waals surface area contributed by atoms with Crippen LogP contribution in [-0.4, -0.2) is 57.6 Å². The van der Waals surface area contributed by atoms with E-state index in [2.05, 4.69) is 24.8 Å². The van der Waals surface area contributed by atoms with E-state index in [4.69, 9.17) is 0 Å². The molecule has 0 bridgehead atoms. The number of amides is 1. The number of carboxylic acids is 1. The summed E-state index contributed by atoms with van der Waals surface area (Å²) in [5, 5.41) is 19.8. The number of phenols is 1. The third kappa shape index (κ3) is 5.27. The lowest BCUT2D eigenvalue weighted by Gasteiger charge is -2.45. The number of hydrogen-bond acceptors (Lipinski definition) is 4. The van der Waals surface area contributed by atoms with Crippen LogP contribution in [0.5, 0.6) is 5.75 Å². The quantitative estimate of drug-likeness (QED) is 0.637. The van der Waals surface area contributed by atoms with Gasteiger partial charge in [0.15, 0.2) is 0 Å². The van der Waals surface area contributed by atoms with Gasteiger partial charge in [0.05, 0.1) is 5.92 Å². The van der Waals surface area contributed by atoms with Crippen molar-refractivity contribution in [3.05, 3.63) is 65.7 Å². The van der Waals surface area contributed by atoms with E-state index in [1.165, 1.54) is 0 Å². The van der Waals surface area contributed by atoms with Crippen LogP contribution in [0.3, 0.4) is 0 Å². The first-order valence-corrected chi connectivity index (χ1v) is 12.5. The van der Waals surface area contributed by atoms with E-state index < -0.39 is 12.0 Å². The molecule has 2 aliphatic rings. The molecule has 2 fully saturated rings. The van der Waals surface area contributed by atoms with E-state index in [0.29, 0.717) is 37.8 Å². The topological polar surface area (TPSA) is 81.1 Å². The number of aliphatic carboxylic acids is 1. The van der Waals surface area contributed by atoms with E-state index in [-0.39, 0.29) is 23.6 Å². The summed E-state index contributed by atoms with van der Waals surface area (Å²) in [7, 11) is 0. The molecule has 0 radical (unpaired) electrons. The lowest BCUT2D eigenvalue weighted by molar-refractivity contribution is -0.150. The first-order valence-electron chi connectivity index (χ1n) is 12.5. The van der Waals surface area contributed by atoms with E-state index in [1.807, 2.05) is 42.5 Å². The Balaban J connectivity index is 1.63. The Labute approximate surface area is 202 Å². The van der Waals surface area contributed by atoms with Crippen molar-refractivity contribution in [3.8, 4) is 5.75 Å². The van der Waals surface area contributed by atoms with Crippen LogP contribution in [0, 0.1) is 17.8 Å². The van der Waals surface area contributed by atoms with E-state index in [9.17, 15) is 19.8 Å². The lowest BCUT2D eigenvalue weighted by Crippen LogP contribution is -2.49. The summed E-state index contributed by atoms with van der Waals surface area (Å²) in [6.45, 7) is 6.46. The first-order chi connectivity index (χ1) is 16.3. The molecule has 0 aliphatic carbocycles. The molecular formula is C28H36N2O4. The van der Waals surface area contributed by atoms with Crippen LogP contribution in [0.15, 0.2) is 54.6 Å². The number of piperidine rings is 1. The number of likely N-dealkylation sites (tertiary alicyclic amines) is 2. The second kappa shape index (κ2) is 10.6. The summed E-state index contributed by atoms with van der Waals surface area (Å²) >= 11 is 0. The van der Waals surface area contributed by atoms with Crippen molar-refractivity contribution in [2.75, 3.05) is 19.6 Å². The van der Waals surface area contributed by atoms with Crippen LogP contribution in [0.2, 0.25) is 0 Å². The highest BCUT2D eigenvalue weighted by atomic mass is 16.4. The van der Waals surface area contributed by atoms with Gasteiger partial charge >= 0.3 is 5.97 Å². The molecule has 4 rings (SSSR count). The molecule has 6 heteroatoms. The molecule has 6 nitrogen and oxygen atoms in total. The predicted molar refractivity (Wildman–Crippen MR) is 131 cm³/mol. The standard InChI is InChI=1S/C28H36N2O4/c1-19-13-15-29(26(20(19)2)22-10-6-11-24(31)17-22)18-23(16-21-8-4-3-5-9-21)27(32)30-14-7-12-25(30)28(33)34/h3-6,8-11,17,19-20,23,25-26,31H,7,12-16,18H2,1-2H3,(H,33,34)/t19-,20-,23+,25+,26?/m1/s1. The fraction of sp³-hybridized carbons (Fsp3) is 0.500. The summed E-state index contributed by atoms with van der Waals surface area (Å²) in [4.78, 5) is 29.6. The second-order valence-corrected chi connectivity index (χ2v) is 10.1. The SMILES string of the molecule is C[C@@H]1CCN(C[C@H](Cc2ccccc2)C(=O)N2CCC[C@H]2C(=O)O)C(c2cccc(O)c2)[C@@H]1C. The molecule has 5 atom stereocenters. The van der Waals surface area contributed by atoms with Gasteiger partial charge in [-0.25, -0.2) is 4.79 Å². The average molecular weight is 465 g/mol. The molecule has 0 saturated carbocycles. The van der Waals surface area contributed by atoms with Gasteiger partial charge in [-0.05, 0) is 67.3 Å². The van der Waals surface area contributed by atoms with E-state index >= 15 is 0 Å². The Hall–Kier alpha value is -2.86. The number of carboxylic acid groups (broad SMARTS) is 1. The summed E-state index contributed by atoms with van der Waals surface area (Å²) in [5.74, 6) is -0.163. The van der Waals surface area contributed by atoms with Crippen LogP contribution in [-0.2, 0) is 16.0 Å². The molecule has 2 aliphatic heterocycles. The van der Waals surface area contributed by atoms with Gasteiger partial charge in [-0.3, -0.25) is 9.69 Å². The van der Waals surface area contributed by atoms with Crippen LogP contribution < -0.4 is 0 Å². The highest BCUT2D eigenvalue weighted by molar-refractivity contribution is 5.86. The summed E-state index contributed by atoms with van der Waals surface area (Å²) in [5.41, 5.74) is 2.15. The minimum atomic E-state index is -0.914. The van der Waals surface area contributed by atoms with Gasteiger partial charge in [0.2, 0.25) is 5.91 Å². The number of carbonyl (C=O) groups is 2. The molecule has 0 aromatic heterocycles. The maximum atomic E-state index is 13.8. The fourth-order valence-corrected chi connectivity index (χ4v) is 5.78. The number of rotatable bonds is 7. The van der Waals surface area contributed by atoms with Crippen molar-refractivity contribution in [3.63, 3.8) is 0 Å². The Bertz CT molecular complexity index is 995. The van der Waals surface area contributed by atoms with Crippen molar-refractivity contribution in [1.82, 2.24) is 9.80 Å². The Morgan fingerprint density at radius 3 is 2.50 bits per heavy atom. The largest absolute Gasteiger partial charge is 0.508 e. The smallest absolute Gasteiger partial charge is 0.326 e. The number of carbonyl (C=O) groups excluding carboxylic acids is 1. The summed E-state index contributed by atoms with van der Waals surface area (Å²) < 4.78 is 0. The number of hydrogen-bond donors (Lipinski definition) is 2. The molecule has 0 spiro atoms. The van der Waals surface area contributed by atoms with Crippen molar-refractivity contribution < 1.29 is 19.8 Å². The third-order valence-electron chi connectivity index (χ3n) is 7.82. The van der Waals surface area contributed by atoms with E-state index in [0.717, 1.165) is 30.5 Å². The average Bonchev–Trinajstić information content (AvgIpc) is 3.32. The number of phenolic OH excluding ortho intramolecular Hbond substituents is 1. The molecular weight excluding hydrogens is 428 g/mol. The molecule has 1 unspecified atom stereocenters. The van der Waals surface area contributed by atoms with Crippen LogP contribution in [0.25, 0.3) is 0 Å². The number of aromatic hydroxyl groups is 1. The van der Waals surface area contributed by atoms with Gasteiger partial charge in [-0.1, -0.05) is 56.3 Å². The molecule has 34 heavy (non-hydrogen) atoms. The molecule has 182 valence electrons. The zero-order valence-electron chi connectivity index (χ0n) is 20.1. The lowest BCUT2D eigenvalue weighted by atomic mass is 9.78. The normalized spacial score (nSPS) is 26.4. The highest BCUT2D eigenvalue weighted by Crippen LogP contribution is 2.40. The molecule has 2 saturated heterocycles. The number of nitrogens with zero attached hydrogens (tertiary/aromatic N) is 2. The van der Waals surface area contributed by atoms with Gasteiger partial charge in [0.25, 0.3) is 0 Å². The van der Waals surface area contributed by atoms with Gasteiger partial charge in [0, 0.05) is 19.1 Å². The Kier molecular flexibility index (Phi) is 7.57. The maximum Gasteiger partial charge on any atom is 0.326 e. The fourth-order valence-electron chi connectivity index (χ4n) is 5.78. The molecule has 2 aromatic rings. The van der Waals surface area contributed by atoms with Gasteiger partial charge in [-0.2, -0.15) is 0 Å². The molecule has 2 heterocycles. The third-order valence-corrected chi connectivity index (χ3v) is 7.82. The summed E-state index contributed by atoms with van der Waals surface area (Å²) in [6, 6.07) is 16.8. The van der Waals surface area contributed by atoms with Crippen molar-refractivity contribution >= 4 is 11.9 Å². The molecule has 1 amide bonds. The summed E-state index contributed by atoms with van der Waals surface area (Å²) in [6.07, 6.45) is 2.87. The second-order valence-electron chi connectivity index (χ2n) is 10.1. The van der Waals surface area contributed by atoms with Crippen LogP contribution in [0.1, 0.15) is 50.3 Å². The van der Waals surface area contributed by atoms with Gasteiger partial charge < -0.3 is 15.1 Å². The van der Waals surface area contributed by atoms with Crippen LogP contribution in [0.4, 0.5) is 0 Å². The zero-order chi connectivity index (χ0) is 24.2. The maximum absolute atomic E-state index is 13.8. The van der Waals surface area contributed by atoms with Gasteiger partial charge in [-0.15, -0.1) is 0 Å². The van der Waals surface area contributed by atoms with Crippen molar-refractivity contribution in [2.24, 2.45) is 17.8 Å². The Morgan fingerprint density at radius 2 is 1.79 bits per heavy atom. The predicted octanol–water partition coefficient (Wildman–Crippen LogP) is 4.35. The number of benzene rings is 2. The monoisotopic (exact) mass is 464 g/mol. The van der Waals surface area contributed by atoms with Crippen LogP contribution >= 0.6 is 0 Å². The molecule has 2 N–H and O–H groups in total. The minimum Gasteiger partial charge on any atom is -0.508 e. The van der Waals surface area contributed by atoms with Crippen molar-refractivity contribution in [2.45, 2.75) is 51.6 Å². The van der Waals surface area contributed by atoms with Crippen molar-refractivity contribution in [1.29, 1.82) is 0 Å². The highest BCUT2D eigenvalue weighted by Gasteiger charge is 2.40.